The van der Waals surface area contributed by atoms with Crippen molar-refractivity contribution in [2.45, 2.75) is 32.9 Å². The van der Waals surface area contributed by atoms with Crippen molar-refractivity contribution in [1.82, 2.24) is 15.1 Å². The molecule has 39 heavy (non-hydrogen) atoms. The van der Waals surface area contributed by atoms with Gasteiger partial charge in [0.25, 0.3) is 5.91 Å². The Morgan fingerprint density at radius 3 is 2.26 bits per heavy atom. The fourth-order valence-electron chi connectivity index (χ4n) is 4.16. The predicted octanol–water partition coefficient (Wildman–Crippen LogP) is 6.93. The summed E-state index contributed by atoms with van der Waals surface area (Å²) in [6, 6.07) is 18.2. The number of rotatable bonds is 8. The van der Waals surface area contributed by atoms with E-state index in [2.05, 4.69) is 28.2 Å². The van der Waals surface area contributed by atoms with Crippen LogP contribution in [0.2, 0.25) is 10.0 Å². The largest absolute Gasteiger partial charge is 0.481 e. The maximum Gasteiger partial charge on any atom is 0.317 e. The van der Waals surface area contributed by atoms with E-state index in [1.165, 1.54) is 5.56 Å². The molecular formula is C29H30BrCl2N3O4. The molecule has 1 atom stereocenters. The van der Waals surface area contributed by atoms with Gasteiger partial charge in [-0.2, -0.15) is 0 Å². The number of carbonyl (C=O) groups is 2. The zero-order valence-corrected chi connectivity index (χ0v) is 24.9. The first-order valence-corrected chi connectivity index (χ1v) is 14.3. The van der Waals surface area contributed by atoms with Crippen molar-refractivity contribution in [3.8, 4) is 17.2 Å². The fraction of sp³-hybridized carbons (Fsp3) is 0.310. The van der Waals surface area contributed by atoms with Crippen LogP contribution in [0.3, 0.4) is 0 Å². The van der Waals surface area contributed by atoms with Crippen LogP contribution in [0, 0.1) is 0 Å². The van der Waals surface area contributed by atoms with Crippen LogP contribution in [0.4, 0.5) is 4.79 Å². The minimum absolute atomic E-state index is 0.0893. The summed E-state index contributed by atoms with van der Waals surface area (Å²) in [5.41, 5.74) is 2.01. The van der Waals surface area contributed by atoms with Gasteiger partial charge in [-0.3, -0.25) is 4.79 Å². The van der Waals surface area contributed by atoms with Crippen LogP contribution < -0.4 is 14.8 Å². The minimum Gasteiger partial charge on any atom is -0.481 e. The fourth-order valence-corrected chi connectivity index (χ4v) is 4.79. The molecule has 10 heteroatoms. The van der Waals surface area contributed by atoms with E-state index in [1.807, 2.05) is 42.5 Å². The number of hydrogen-bond donors (Lipinski definition) is 1. The monoisotopic (exact) mass is 633 g/mol. The van der Waals surface area contributed by atoms with Crippen molar-refractivity contribution >= 4 is 51.1 Å². The molecular weight excluding hydrogens is 605 g/mol. The molecule has 0 saturated carbocycles. The van der Waals surface area contributed by atoms with Gasteiger partial charge in [-0.1, -0.05) is 64.3 Å². The summed E-state index contributed by atoms with van der Waals surface area (Å²) in [4.78, 5) is 29.3. The van der Waals surface area contributed by atoms with Crippen molar-refractivity contribution in [3.63, 3.8) is 0 Å². The molecule has 3 amide bonds. The number of nitrogens with zero attached hydrogens (tertiary/aromatic N) is 2. The Bertz CT molecular complexity index is 1310. The number of halogens is 3. The van der Waals surface area contributed by atoms with E-state index in [0.29, 0.717) is 53.5 Å². The molecule has 1 N–H and O–H groups in total. The Labute approximate surface area is 247 Å². The standard InChI is InChI=1S/C29H30BrCl2N3O4/c1-3-20-4-8-23(9-5-20)38-19(2)28(36)34-12-14-35(15-13-34)29(37)33-18-21-6-7-22(30)16-27(21)39-24-10-11-25(31)26(32)17-24/h4-11,16-17,19H,3,12-15,18H2,1-2H3,(H,33,37). The number of nitrogens with one attached hydrogen (secondary N) is 1. The first-order valence-electron chi connectivity index (χ1n) is 12.7. The highest BCUT2D eigenvalue weighted by atomic mass is 79.9. The molecule has 7 nitrogen and oxygen atoms in total. The lowest BCUT2D eigenvalue weighted by atomic mass is 10.2. The van der Waals surface area contributed by atoms with Crippen LogP contribution in [-0.2, 0) is 17.8 Å². The van der Waals surface area contributed by atoms with E-state index in [-0.39, 0.29) is 18.5 Å². The molecule has 3 aromatic carbocycles. The number of aryl methyl sites for hydroxylation is 1. The second-order valence-electron chi connectivity index (χ2n) is 9.16. The molecule has 0 spiro atoms. The summed E-state index contributed by atoms with van der Waals surface area (Å²) < 4.78 is 12.7. The Morgan fingerprint density at radius 1 is 0.923 bits per heavy atom. The highest BCUT2D eigenvalue weighted by Crippen LogP contribution is 2.32. The molecule has 3 aromatic rings. The summed E-state index contributed by atoms with van der Waals surface area (Å²) in [7, 11) is 0. The number of amides is 3. The van der Waals surface area contributed by atoms with Gasteiger partial charge in [0.05, 0.1) is 10.0 Å². The van der Waals surface area contributed by atoms with Gasteiger partial charge in [-0.05, 0) is 55.3 Å². The zero-order chi connectivity index (χ0) is 27.9. The van der Waals surface area contributed by atoms with Crippen LogP contribution in [-0.4, -0.2) is 54.0 Å². The molecule has 0 aromatic heterocycles. The van der Waals surface area contributed by atoms with Crippen LogP contribution in [0.5, 0.6) is 17.2 Å². The van der Waals surface area contributed by atoms with Crippen molar-refractivity contribution in [1.29, 1.82) is 0 Å². The lowest BCUT2D eigenvalue weighted by Gasteiger charge is -2.35. The van der Waals surface area contributed by atoms with Crippen LogP contribution in [0.1, 0.15) is 25.0 Å². The quantitative estimate of drug-likeness (QED) is 0.292. The summed E-state index contributed by atoms with van der Waals surface area (Å²) in [6.07, 6.45) is 0.341. The Kier molecular flexibility index (Phi) is 9.99. The van der Waals surface area contributed by atoms with Crippen molar-refractivity contribution in [2.24, 2.45) is 0 Å². The summed E-state index contributed by atoms with van der Waals surface area (Å²) >= 11 is 15.6. The zero-order valence-electron chi connectivity index (χ0n) is 21.8. The Balaban J connectivity index is 1.28. The topological polar surface area (TPSA) is 71.1 Å². The molecule has 0 aliphatic carbocycles. The van der Waals surface area contributed by atoms with Crippen molar-refractivity contribution in [3.05, 3.63) is 86.3 Å². The summed E-state index contributed by atoms with van der Waals surface area (Å²) in [5.74, 6) is 1.69. The van der Waals surface area contributed by atoms with Gasteiger partial charge in [0.2, 0.25) is 0 Å². The van der Waals surface area contributed by atoms with Crippen molar-refractivity contribution < 1.29 is 19.1 Å². The molecule has 206 valence electrons. The third kappa shape index (κ3) is 7.81. The molecule has 0 radical (unpaired) electrons. The number of hydrogen-bond acceptors (Lipinski definition) is 4. The number of benzene rings is 3. The highest BCUT2D eigenvalue weighted by molar-refractivity contribution is 9.10. The lowest BCUT2D eigenvalue weighted by molar-refractivity contribution is -0.139. The molecule has 1 saturated heterocycles. The maximum atomic E-state index is 12.9. The van der Waals surface area contributed by atoms with E-state index >= 15 is 0 Å². The molecule has 0 bridgehead atoms. The smallest absolute Gasteiger partial charge is 0.317 e. The summed E-state index contributed by atoms with van der Waals surface area (Å²) in [6.45, 7) is 5.87. The molecule has 1 aliphatic heterocycles. The second-order valence-corrected chi connectivity index (χ2v) is 10.9. The van der Waals surface area contributed by atoms with Crippen LogP contribution in [0.25, 0.3) is 0 Å². The third-order valence-corrected chi connectivity index (χ3v) is 7.68. The third-order valence-electron chi connectivity index (χ3n) is 6.45. The van der Waals surface area contributed by atoms with E-state index < -0.39 is 6.10 Å². The average molecular weight is 635 g/mol. The molecule has 1 aliphatic rings. The minimum atomic E-state index is -0.607. The number of urea groups is 1. The molecule has 1 fully saturated rings. The first-order chi connectivity index (χ1) is 18.7. The SMILES string of the molecule is CCc1ccc(OC(C)C(=O)N2CCN(C(=O)NCc3ccc(Br)cc3Oc3ccc(Cl)c(Cl)c3)CC2)cc1. The van der Waals surface area contributed by atoms with Gasteiger partial charge in [-0.15, -0.1) is 0 Å². The van der Waals surface area contributed by atoms with Crippen LogP contribution in [0.15, 0.2) is 65.1 Å². The molecule has 1 heterocycles. The predicted molar refractivity (Wildman–Crippen MR) is 157 cm³/mol. The first kappa shape index (κ1) is 29.1. The van der Waals surface area contributed by atoms with Gasteiger partial charge < -0.3 is 24.6 Å². The van der Waals surface area contributed by atoms with Gasteiger partial charge in [-0.25, -0.2) is 4.79 Å². The molecule has 4 rings (SSSR count). The van der Waals surface area contributed by atoms with Crippen LogP contribution >= 0.6 is 39.1 Å². The van der Waals surface area contributed by atoms with E-state index in [9.17, 15) is 9.59 Å². The van der Waals surface area contributed by atoms with Crippen molar-refractivity contribution in [2.75, 3.05) is 26.2 Å². The number of piperazine rings is 1. The van der Waals surface area contributed by atoms with E-state index in [0.717, 1.165) is 16.5 Å². The number of carbonyl (C=O) groups excluding carboxylic acids is 2. The highest BCUT2D eigenvalue weighted by Gasteiger charge is 2.28. The van der Waals surface area contributed by atoms with E-state index in [4.69, 9.17) is 32.7 Å². The Morgan fingerprint density at radius 2 is 1.59 bits per heavy atom. The second kappa shape index (κ2) is 13.4. The normalized spacial score (nSPS) is 14.1. The molecule has 1 unspecified atom stereocenters. The average Bonchev–Trinajstić information content (AvgIpc) is 2.94. The number of ether oxygens (including phenoxy) is 2. The van der Waals surface area contributed by atoms with Gasteiger partial charge in [0.1, 0.15) is 17.2 Å². The van der Waals surface area contributed by atoms with Gasteiger partial charge in [0.15, 0.2) is 6.10 Å². The Hall–Kier alpha value is -2.94. The summed E-state index contributed by atoms with van der Waals surface area (Å²) in [5, 5.41) is 3.79. The lowest BCUT2D eigenvalue weighted by Crippen LogP contribution is -2.55. The van der Waals surface area contributed by atoms with E-state index in [1.54, 1.807) is 34.9 Å². The van der Waals surface area contributed by atoms with Gasteiger partial charge >= 0.3 is 6.03 Å². The van der Waals surface area contributed by atoms with Gasteiger partial charge in [0, 0.05) is 48.8 Å². The maximum absolute atomic E-state index is 12.9.